The van der Waals surface area contributed by atoms with Crippen molar-refractivity contribution in [3.05, 3.63) is 52.3 Å². The Bertz CT molecular complexity index is 726. The second-order valence-electron chi connectivity index (χ2n) is 6.05. The van der Waals surface area contributed by atoms with Crippen molar-refractivity contribution in [1.29, 1.82) is 0 Å². The van der Waals surface area contributed by atoms with Crippen LogP contribution in [0.5, 0.6) is 5.75 Å². The number of halogens is 1. The summed E-state index contributed by atoms with van der Waals surface area (Å²) in [4.78, 5) is 18.8. The van der Waals surface area contributed by atoms with E-state index in [1.54, 1.807) is 11.1 Å². The molecule has 0 bridgehead atoms. The normalized spacial score (nSPS) is 15.9. The van der Waals surface area contributed by atoms with Gasteiger partial charge < -0.3 is 9.64 Å². The van der Waals surface area contributed by atoms with E-state index in [9.17, 15) is 4.79 Å². The second-order valence-corrected chi connectivity index (χ2v) is 6.97. The standard InChI is InChI=1S/C17H17BrN2O2/c1-11-4-5-12(9-19-11)16(21)20-10-17(2,3)22-15-8-13(18)6-7-14(15)20/h4-9H,10H2,1-3H3. The highest BCUT2D eigenvalue weighted by Gasteiger charge is 2.35. The molecule has 114 valence electrons. The molecule has 1 aromatic heterocycles. The summed E-state index contributed by atoms with van der Waals surface area (Å²) >= 11 is 3.44. The molecule has 0 atom stereocenters. The Morgan fingerprint density at radius 3 is 2.77 bits per heavy atom. The van der Waals surface area contributed by atoms with Gasteiger partial charge in [0.15, 0.2) is 0 Å². The molecule has 1 aliphatic heterocycles. The van der Waals surface area contributed by atoms with Crippen molar-refractivity contribution in [3.8, 4) is 5.75 Å². The van der Waals surface area contributed by atoms with Gasteiger partial charge in [-0.15, -0.1) is 0 Å². The van der Waals surface area contributed by atoms with Gasteiger partial charge in [-0.05, 0) is 51.1 Å². The van der Waals surface area contributed by atoms with E-state index in [2.05, 4.69) is 20.9 Å². The van der Waals surface area contributed by atoms with Crippen LogP contribution in [0.25, 0.3) is 0 Å². The number of ether oxygens (including phenoxy) is 1. The van der Waals surface area contributed by atoms with E-state index >= 15 is 0 Å². The van der Waals surface area contributed by atoms with Gasteiger partial charge in [-0.25, -0.2) is 0 Å². The minimum atomic E-state index is -0.443. The van der Waals surface area contributed by atoms with Crippen LogP contribution in [0.2, 0.25) is 0 Å². The van der Waals surface area contributed by atoms with Crippen LogP contribution in [0.4, 0.5) is 5.69 Å². The average molecular weight is 361 g/mol. The van der Waals surface area contributed by atoms with Gasteiger partial charge in [-0.1, -0.05) is 15.9 Å². The molecule has 2 aromatic rings. The van der Waals surface area contributed by atoms with Crippen molar-refractivity contribution in [1.82, 2.24) is 4.98 Å². The van der Waals surface area contributed by atoms with Crippen molar-refractivity contribution in [2.45, 2.75) is 26.4 Å². The summed E-state index contributed by atoms with van der Waals surface area (Å²) in [5.74, 6) is 0.645. The third kappa shape index (κ3) is 2.86. The Morgan fingerprint density at radius 1 is 1.32 bits per heavy atom. The number of carbonyl (C=O) groups is 1. The van der Waals surface area contributed by atoms with Crippen LogP contribution in [0.1, 0.15) is 29.9 Å². The lowest BCUT2D eigenvalue weighted by molar-refractivity contribution is 0.0836. The first-order chi connectivity index (χ1) is 10.4. The topological polar surface area (TPSA) is 42.4 Å². The number of pyridine rings is 1. The van der Waals surface area contributed by atoms with Crippen molar-refractivity contribution in [2.75, 3.05) is 11.4 Å². The van der Waals surface area contributed by atoms with Crippen molar-refractivity contribution in [3.63, 3.8) is 0 Å². The summed E-state index contributed by atoms with van der Waals surface area (Å²) in [6.45, 7) is 6.35. The summed E-state index contributed by atoms with van der Waals surface area (Å²) in [5.41, 5.74) is 1.81. The summed E-state index contributed by atoms with van der Waals surface area (Å²) in [6.07, 6.45) is 1.62. The van der Waals surface area contributed by atoms with Gasteiger partial charge in [0.25, 0.3) is 5.91 Å². The minimum Gasteiger partial charge on any atom is -0.484 e. The lowest BCUT2D eigenvalue weighted by Gasteiger charge is -2.39. The van der Waals surface area contributed by atoms with Crippen LogP contribution < -0.4 is 9.64 Å². The van der Waals surface area contributed by atoms with Crippen LogP contribution in [0.15, 0.2) is 41.0 Å². The number of fused-ring (bicyclic) bond motifs is 1. The van der Waals surface area contributed by atoms with Gasteiger partial charge >= 0.3 is 0 Å². The largest absolute Gasteiger partial charge is 0.484 e. The molecule has 0 saturated carbocycles. The van der Waals surface area contributed by atoms with E-state index in [4.69, 9.17) is 4.74 Å². The smallest absolute Gasteiger partial charge is 0.260 e. The maximum atomic E-state index is 12.9. The summed E-state index contributed by atoms with van der Waals surface area (Å²) in [6, 6.07) is 9.36. The zero-order valence-electron chi connectivity index (χ0n) is 12.8. The number of hydrogen-bond acceptors (Lipinski definition) is 3. The third-order valence-corrected chi connectivity index (χ3v) is 4.03. The molecule has 0 N–H and O–H groups in total. The fraction of sp³-hybridized carbons (Fsp3) is 0.294. The lowest BCUT2D eigenvalue weighted by Crippen LogP contribution is -2.49. The first-order valence-electron chi connectivity index (χ1n) is 7.09. The predicted octanol–water partition coefficient (Wildman–Crippen LogP) is 3.97. The molecule has 0 fully saturated rings. The van der Waals surface area contributed by atoms with Crippen molar-refractivity contribution in [2.24, 2.45) is 0 Å². The number of anilines is 1. The number of hydrogen-bond donors (Lipinski definition) is 0. The molecule has 1 aliphatic rings. The van der Waals surface area contributed by atoms with E-state index in [1.165, 1.54) is 0 Å². The number of benzene rings is 1. The highest BCUT2D eigenvalue weighted by atomic mass is 79.9. The third-order valence-electron chi connectivity index (χ3n) is 3.54. The SMILES string of the molecule is Cc1ccc(C(=O)N2CC(C)(C)Oc3cc(Br)ccc32)cn1. The Kier molecular flexibility index (Phi) is 3.68. The predicted molar refractivity (Wildman–Crippen MR) is 89.5 cm³/mol. The Hall–Kier alpha value is -1.88. The number of carbonyl (C=O) groups excluding carboxylic acids is 1. The molecule has 22 heavy (non-hydrogen) atoms. The van der Waals surface area contributed by atoms with Crippen LogP contribution in [0.3, 0.4) is 0 Å². The molecular formula is C17H17BrN2O2. The molecule has 0 radical (unpaired) electrons. The Morgan fingerprint density at radius 2 is 2.09 bits per heavy atom. The van der Waals surface area contributed by atoms with Gasteiger partial charge in [0.05, 0.1) is 17.8 Å². The highest BCUT2D eigenvalue weighted by Crippen LogP contribution is 2.39. The molecule has 0 aliphatic carbocycles. The molecule has 1 amide bonds. The van der Waals surface area contributed by atoms with E-state index in [1.807, 2.05) is 51.1 Å². The molecule has 2 heterocycles. The number of aromatic nitrogens is 1. The van der Waals surface area contributed by atoms with Gasteiger partial charge in [0.1, 0.15) is 11.4 Å². The van der Waals surface area contributed by atoms with Crippen LogP contribution >= 0.6 is 15.9 Å². The molecule has 3 rings (SSSR count). The van der Waals surface area contributed by atoms with E-state index in [0.717, 1.165) is 15.9 Å². The Labute approximate surface area is 138 Å². The van der Waals surface area contributed by atoms with Crippen LogP contribution in [-0.4, -0.2) is 23.0 Å². The fourth-order valence-corrected chi connectivity index (χ4v) is 2.86. The monoisotopic (exact) mass is 360 g/mol. The zero-order valence-corrected chi connectivity index (χ0v) is 14.3. The molecule has 5 heteroatoms. The van der Waals surface area contributed by atoms with E-state index in [-0.39, 0.29) is 5.91 Å². The molecule has 0 saturated heterocycles. The number of amides is 1. The fourth-order valence-electron chi connectivity index (χ4n) is 2.52. The van der Waals surface area contributed by atoms with Gasteiger partial charge in [0.2, 0.25) is 0 Å². The van der Waals surface area contributed by atoms with E-state index < -0.39 is 5.60 Å². The summed E-state index contributed by atoms with van der Waals surface area (Å²) < 4.78 is 6.92. The van der Waals surface area contributed by atoms with Crippen molar-refractivity contribution < 1.29 is 9.53 Å². The number of aryl methyl sites for hydroxylation is 1. The van der Waals surface area contributed by atoms with Gasteiger partial charge in [-0.2, -0.15) is 0 Å². The summed E-state index contributed by atoms with van der Waals surface area (Å²) in [7, 11) is 0. The first-order valence-corrected chi connectivity index (χ1v) is 7.88. The maximum Gasteiger partial charge on any atom is 0.260 e. The average Bonchev–Trinajstić information content (AvgIpc) is 2.45. The van der Waals surface area contributed by atoms with Gasteiger partial charge in [0, 0.05) is 16.4 Å². The quantitative estimate of drug-likeness (QED) is 0.772. The first kappa shape index (κ1) is 15.0. The maximum absolute atomic E-state index is 12.9. The molecule has 1 aromatic carbocycles. The number of nitrogens with zero attached hydrogens (tertiary/aromatic N) is 2. The van der Waals surface area contributed by atoms with Gasteiger partial charge in [-0.3, -0.25) is 9.78 Å². The van der Waals surface area contributed by atoms with E-state index in [0.29, 0.717) is 17.9 Å². The van der Waals surface area contributed by atoms with Crippen LogP contribution in [-0.2, 0) is 0 Å². The molecule has 0 unspecified atom stereocenters. The highest BCUT2D eigenvalue weighted by molar-refractivity contribution is 9.10. The second kappa shape index (κ2) is 5.39. The van der Waals surface area contributed by atoms with Crippen molar-refractivity contribution >= 4 is 27.5 Å². The Balaban J connectivity index is 2.03. The number of rotatable bonds is 1. The molecular weight excluding hydrogens is 344 g/mol. The minimum absolute atomic E-state index is 0.0625. The lowest BCUT2D eigenvalue weighted by atomic mass is 10.0. The molecule has 4 nitrogen and oxygen atoms in total. The molecule has 0 spiro atoms. The summed E-state index contributed by atoms with van der Waals surface area (Å²) in [5, 5.41) is 0. The zero-order chi connectivity index (χ0) is 15.9. The van der Waals surface area contributed by atoms with Crippen LogP contribution in [0, 0.1) is 6.92 Å².